The van der Waals surface area contributed by atoms with Crippen molar-refractivity contribution >= 4 is 5.97 Å². The van der Waals surface area contributed by atoms with Gasteiger partial charge in [-0.3, -0.25) is 4.79 Å². The normalized spacial score (nSPS) is 14.7. The van der Waals surface area contributed by atoms with Crippen molar-refractivity contribution in [2.24, 2.45) is 11.7 Å². The van der Waals surface area contributed by atoms with Crippen molar-refractivity contribution in [2.75, 3.05) is 0 Å². The zero-order valence-electron chi connectivity index (χ0n) is 15.3. The van der Waals surface area contributed by atoms with Gasteiger partial charge < -0.3 is 10.5 Å². The molecule has 0 fully saturated rings. The van der Waals surface area contributed by atoms with Crippen LogP contribution in [0.25, 0.3) is 0 Å². The molecule has 2 N–H and O–H groups in total. The SMILES string of the molecule is CCCCCCCCCCC[C@H](C(=O)OC(C)C)[C@H](N)C(F)(F)F. The molecular formula is C18H34F3NO2. The lowest BCUT2D eigenvalue weighted by atomic mass is 9.93. The Hall–Kier alpha value is -0.780. The molecule has 0 rings (SSSR count). The van der Waals surface area contributed by atoms with E-state index in [0.717, 1.165) is 19.3 Å². The number of carbonyl (C=O) groups excluding carboxylic acids is 1. The number of esters is 1. The second kappa shape index (κ2) is 12.6. The maximum Gasteiger partial charge on any atom is 0.404 e. The second-order valence-electron chi connectivity index (χ2n) is 6.78. The second-order valence-corrected chi connectivity index (χ2v) is 6.78. The van der Waals surface area contributed by atoms with Crippen LogP contribution in [0.5, 0.6) is 0 Å². The summed E-state index contributed by atoms with van der Waals surface area (Å²) in [4.78, 5) is 11.9. The lowest BCUT2D eigenvalue weighted by molar-refractivity contribution is -0.179. The van der Waals surface area contributed by atoms with Crippen molar-refractivity contribution in [1.29, 1.82) is 0 Å². The molecular weight excluding hydrogens is 319 g/mol. The lowest BCUT2D eigenvalue weighted by Gasteiger charge is -2.25. The van der Waals surface area contributed by atoms with E-state index in [1.807, 2.05) is 0 Å². The maximum atomic E-state index is 12.8. The van der Waals surface area contributed by atoms with Crippen LogP contribution in [0.3, 0.4) is 0 Å². The molecule has 144 valence electrons. The molecule has 0 unspecified atom stereocenters. The predicted octanol–water partition coefficient (Wildman–Crippen LogP) is 5.36. The molecule has 0 aromatic rings. The molecule has 3 nitrogen and oxygen atoms in total. The number of halogens is 3. The minimum atomic E-state index is -4.58. The molecule has 0 heterocycles. The van der Waals surface area contributed by atoms with Gasteiger partial charge in [-0.05, 0) is 20.3 Å². The van der Waals surface area contributed by atoms with E-state index < -0.39 is 30.2 Å². The highest BCUT2D eigenvalue weighted by atomic mass is 19.4. The fourth-order valence-corrected chi connectivity index (χ4v) is 2.67. The number of ether oxygens (including phenoxy) is 1. The summed E-state index contributed by atoms with van der Waals surface area (Å²) < 4.78 is 43.5. The fraction of sp³-hybridized carbons (Fsp3) is 0.944. The van der Waals surface area contributed by atoms with Crippen LogP contribution < -0.4 is 5.73 Å². The molecule has 24 heavy (non-hydrogen) atoms. The van der Waals surface area contributed by atoms with E-state index in [1.165, 1.54) is 32.1 Å². The minimum absolute atomic E-state index is 0.127. The number of carbonyl (C=O) groups is 1. The van der Waals surface area contributed by atoms with Gasteiger partial charge in [-0.15, -0.1) is 0 Å². The molecule has 0 aromatic heterocycles. The highest BCUT2D eigenvalue weighted by molar-refractivity contribution is 5.73. The molecule has 0 aromatic carbocycles. The fourth-order valence-electron chi connectivity index (χ4n) is 2.67. The summed E-state index contributed by atoms with van der Waals surface area (Å²) in [7, 11) is 0. The minimum Gasteiger partial charge on any atom is -0.463 e. The lowest BCUT2D eigenvalue weighted by Crippen LogP contribution is -2.47. The van der Waals surface area contributed by atoms with E-state index >= 15 is 0 Å². The topological polar surface area (TPSA) is 52.3 Å². The first-order chi connectivity index (χ1) is 11.2. The highest BCUT2D eigenvalue weighted by Crippen LogP contribution is 2.28. The first-order valence-electron chi connectivity index (χ1n) is 9.22. The van der Waals surface area contributed by atoms with Gasteiger partial charge >= 0.3 is 12.1 Å². The summed E-state index contributed by atoms with van der Waals surface area (Å²) in [5.74, 6) is -2.15. The molecule has 0 bridgehead atoms. The summed E-state index contributed by atoms with van der Waals surface area (Å²) in [6.45, 7) is 5.41. The van der Waals surface area contributed by atoms with Gasteiger partial charge in [0.05, 0.1) is 12.0 Å². The first-order valence-corrected chi connectivity index (χ1v) is 9.22. The van der Waals surface area contributed by atoms with Crippen molar-refractivity contribution < 1.29 is 22.7 Å². The molecule has 0 saturated carbocycles. The first kappa shape index (κ1) is 23.2. The molecule has 0 amide bonds. The van der Waals surface area contributed by atoms with Gasteiger partial charge in [-0.2, -0.15) is 13.2 Å². The molecule has 0 aliphatic rings. The molecule has 6 heteroatoms. The zero-order valence-corrected chi connectivity index (χ0v) is 15.3. The van der Waals surface area contributed by atoms with Gasteiger partial charge in [0.25, 0.3) is 0 Å². The Morgan fingerprint density at radius 2 is 1.42 bits per heavy atom. The Morgan fingerprint density at radius 3 is 1.83 bits per heavy atom. The Labute approximate surface area is 144 Å². The highest BCUT2D eigenvalue weighted by Gasteiger charge is 2.45. The quantitative estimate of drug-likeness (QED) is 0.358. The Bertz CT molecular complexity index is 333. The molecule has 0 aliphatic carbocycles. The molecule has 0 aliphatic heterocycles. The van der Waals surface area contributed by atoms with Crippen LogP contribution in [0.1, 0.15) is 85.0 Å². The van der Waals surface area contributed by atoms with Crippen molar-refractivity contribution in [3.8, 4) is 0 Å². The van der Waals surface area contributed by atoms with Gasteiger partial charge in [0.2, 0.25) is 0 Å². The average Bonchev–Trinajstić information content (AvgIpc) is 2.47. The predicted molar refractivity (Wildman–Crippen MR) is 90.6 cm³/mol. The smallest absolute Gasteiger partial charge is 0.404 e. The number of rotatable bonds is 13. The zero-order chi connectivity index (χ0) is 18.6. The number of unbranched alkanes of at least 4 members (excludes halogenated alkanes) is 8. The maximum absolute atomic E-state index is 12.8. The Kier molecular flexibility index (Phi) is 12.2. The molecule has 0 spiro atoms. The van der Waals surface area contributed by atoms with Crippen LogP contribution in [-0.4, -0.2) is 24.3 Å². The van der Waals surface area contributed by atoms with Gasteiger partial charge in [-0.25, -0.2) is 0 Å². The van der Waals surface area contributed by atoms with Gasteiger partial charge in [0.1, 0.15) is 6.04 Å². The van der Waals surface area contributed by atoms with E-state index in [9.17, 15) is 18.0 Å². The van der Waals surface area contributed by atoms with Crippen molar-refractivity contribution in [3.05, 3.63) is 0 Å². The van der Waals surface area contributed by atoms with E-state index in [-0.39, 0.29) is 6.42 Å². The van der Waals surface area contributed by atoms with Crippen LogP contribution in [0.4, 0.5) is 13.2 Å². The third-order valence-corrected chi connectivity index (χ3v) is 4.08. The number of alkyl halides is 3. The third kappa shape index (κ3) is 10.9. The summed E-state index contributed by atoms with van der Waals surface area (Å²) >= 11 is 0. The van der Waals surface area contributed by atoms with Crippen LogP contribution in [0.15, 0.2) is 0 Å². The monoisotopic (exact) mass is 353 g/mol. The van der Waals surface area contributed by atoms with Crippen molar-refractivity contribution in [3.63, 3.8) is 0 Å². The van der Waals surface area contributed by atoms with E-state index in [4.69, 9.17) is 10.5 Å². The summed E-state index contributed by atoms with van der Waals surface area (Å²) in [5, 5.41) is 0. The van der Waals surface area contributed by atoms with Gasteiger partial charge in [-0.1, -0.05) is 64.7 Å². The standard InChI is InChI=1S/C18H34F3NO2/c1-4-5-6-7-8-9-10-11-12-13-15(16(22)18(19,20)21)17(23)24-14(2)3/h14-16H,4-13,22H2,1-3H3/t15-,16-/m0/s1. The van der Waals surface area contributed by atoms with Crippen LogP contribution >= 0.6 is 0 Å². The molecule has 0 radical (unpaired) electrons. The van der Waals surface area contributed by atoms with E-state index in [2.05, 4.69) is 6.92 Å². The third-order valence-electron chi connectivity index (χ3n) is 4.08. The Balaban J connectivity index is 4.16. The largest absolute Gasteiger partial charge is 0.463 e. The Morgan fingerprint density at radius 1 is 0.958 bits per heavy atom. The number of hydrogen-bond donors (Lipinski definition) is 1. The average molecular weight is 353 g/mol. The van der Waals surface area contributed by atoms with Crippen LogP contribution in [-0.2, 0) is 9.53 Å². The van der Waals surface area contributed by atoms with Crippen LogP contribution in [0, 0.1) is 5.92 Å². The summed E-state index contributed by atoms with van der Waals surface area (Å²) in [6.07, 6.45) is 4.68. The van der Waals surface area contributed by atoms with Crippen molar-refractivity contribution in [2.45, 2.75) is 103 Å². The van der Waals surface area contributed by atoms with E-state index in [0.29, 0.717) is 6.42 Å². The number of nitrogens with two attached hydrogens (primary N) is 1. The van der Waals surface area contributed by atoms with Crippen molar-refractivity contribution in [1.82, 2.24) is 0 Å². The van der Waals surface area contributed by atoms with Gasteiger partial charge in [0.15, 0.2) is 0 Å². The summed E-state index contributed by atoms with van der Waals surface area (Å²) in [5.41, 5.74) is 5.25. The summed E-state index contributed by atoms with van der Waals surface area (Å²) in [6, 6.07) is -2.15. The van der Waals surface area contributed by atoms with Gasteiger partial charge in [0, 0.05) is 0 Å². The van der Waals surface area contributed by atoms with E-state index in [1.54, 1.807) is 13.8 Å². The molecule has 0 saturated heterocycles. The number of hydrogen-bond acceptors (Lipinski definition) is 3. The van der Waals surface area contributed by atoms with Crippen LogP contribution in [0.2, 0.25) is 0 Å². The molecule has 2 atom stereocenters.